The van der Waals surface area contributed by atoms with Gasteiger partial charge in [0.15, 0.2) is 0 Å². The highest BCUT2D eigenvalue weighted by Crippen LogP contribution is 2.33. The van der Waals surface area contributed by atoms with E-state index in [1.54, 1.807) is 18.4 Å². The number of nitrogens with zero attached hydrogens (tertiary/aromatic N) is 1. The van der Waals surface area contributed by atoms with Gasteiger partial charge in [0.1, 0.15) is 10.8 Å². The van der Waals surface area contributed by atoms with E-state index in [1.807, 2.05) is 48.5 Å². The molecule has 0 saturated heterocycles. The molecular weight excluding hydrogens is 352 g/mol. The molecule has 1 heterocycles. The number of aromatic nitrogens is 1. The maximum atomic E-state index is 6.28. The molecule has 124 valence electrons. The lowest BCUT2D eigenvalue weighted by atomic mass is 10.2. The van der Waals surface area contributed by atoms with Crippen LogP contribution in [0, 0.1) is 0 Å². The highest BCUT2D eigenvalue weighted by Gasteiger charge is 2.08. The minimum absolute atomic E-state index is 0.645. The van der Waals surface area contributed by atoms with Crippen molar-refractivity contribution in [3.05, 3.63) is 71.8 Å². The van der Waals surface area contributed by atoms with Crippen LogP contribution in [0.3, 0.4) is 0 Å². The first-order valence-corrected chi connectivity index (χ1v) is 8.99. The Balaban J connectivity index is 1.67. The van der Waals surface area contributed by atoms with Crippen molar-refractivity contribution in [3.63, 3.8) is 0 Å². The summed E-state index contributed by atoms with van der Waals surface area (Å²) in [4.78, 5) is 4.72. The largest absolute Gasteiger partial charge is 0.497 e. The van der Waals surface area contributed by atoms with Crippen molar-refractivity contribution >= 4 is 44.5 Å². The third kappa shape index (κ3) is 3.31. The van der Waals surface area contributed by atoms with E-state index >= 15 is 0 Å². The lowest BCUT2D eigenvalue weighted by molar-refractivity contribution is 0.415. The van der Waals surface area contributed by atoms with Crippen LogP contribution in [0.4, 0.5) is 11.4 Å². The molecule has 0 aliphatic carbocycles. The first-order chi connectivity index (χ1) is 12.2. The van der Waals surface area contributed by atoms with Gasteiger partial charge in [0.05, 0.1) is 28.0 Å². The lowest BCUT2D eigenvalue weighted by Gasteiger charge is -2.11. The molecule has 5 heteroatoms. The van der Waals surface area contributed by atoms with Crippen molar-refractivity contribution in [2.45, 2.75) is 0 Å². The van der Waals surface area contributed by atoms with Gasteiger partial charge in [0.25, 0.3) is 0 Å². The Labute approximate surface area is 154 Å². The van der Waals surface area contributed by atoms with Crippen LogP contribution in [-0.4, -0.2) is 12.1 Å². The number of ether oxygens (including phenoxy) is 1. The fourth-order valence-corrected chi connectivity index (χ4v) is 3.74. The number of anilines is 2. The maximum Gasteiger partial charge on any atom is 0.124 e. The first kappa shape index (κ1) is 15.9. The lowest BCUT2D eigenvalue weighted by Crippen LogP contribution is -1.93. The number of hydrogen-bond donors (Lipinski definition) is 1. The van der Waals surface area contributed by atoms with Gasteiger partial charge < -0.3 is 10.1 Å². The molecule has 0 saturated carbocycles. The first-order valence-electron chi connectivity index (χ1n) is 7.79. The molecule has 0 amide bonds. The Morgan fingerprint density at radius 2 is 1.88 bits per heavy atom. The Kier molecular flexibility index (Phi) is 4.30. The highest BCUT2D eigenvalue weighted by molar-refractivity contribution is 7.21. The Bertz CT molecular complexity index is 1010. The fourth-order valence-electron chi connectivity index (χ4n) is 2.61. The third-order valence-corrected chi connectivity index (χ3v) is 5.27. The molecule has 0 fully saturated rings. The van der Waals surface area contributed by atoms with E-state index in [9.17, 15) is 0 Å². The fraction of sp³-hybridized carbons (Fsp3) is 0.0500. The van der Waals surface area contributed by atoms with Crippen LogP contribution < -0.4 is 10.1 Å². The average molecular weight is 367 g/mol. The van der Waals surface area contributed by atoms with E-state index in [1.165, 1.54) is 4.70 Å². The van der Waals surface area contributed by atoms with Crippen molar-refractivity contribution < 1.29 is 4.74 Å². The standard InChI is InChI=1S/C20H15ClN2OS/c1-24-15-9-10-16(21)18(12-15)22-14-6-4-5-13(11-14)20-23-17-7-2-3-8-19(17)25-20/h2-12,22H,1H3. The summed E-state index contributed by atoms with van der Waals surface area (Å²) in [5, 5.41) is 5.00. The van der Waals surface area contributed by atoms with E-state index in [0.29, 0.717) is 5.02 Å². The van der Waals surface area contributed by atoms with Crippen LogP contribution in [0.5, 0.6) is 5.75 Å². The van der Waals surface area contributed by atoms with Crippen LogP contribution in [0.1, 0.15) is 0 Å². The summed E-state index contributed by atoms with van der Waals surface area (Å²) in [6.45, 7) is 0. The molecule has 0 aliphatic heterocycles. The van der Waals surface area contributed by atoms with Crippen molar-refractivity contribution in [1.29, 1.82) is 0 Å². The van der Waals surface area contributed by atoms with Gasteiger partial charge in [-0.2, -0.15) is 0 Å². The van der Waals surface area contributed by atoms with Gasteiger partial charge in [-0.15, -0.1) is 11.3 Å². The molecule has 3 aromatic carbocycles. The third-order valence-electron chi connectivity index (χ3n) is 3.86. The Hall–Kier alpha value is -2.56. The second-order valence-electron chi connectivity index (χ2n) is 5.54. The molecule has 3 nitrogen and oxygen atoms in total. The SMILES string of the molecule is COc1ccc(Cl)c(Nc2cccc(-c3nc4ccccc4s3)c2)c1. The van der Waals surface area contributed by atoms with Crippen molar-refractivity contribution in [1.82, 2.24) is 4.98 Å². The van der Waals surface area contributed by atoms with Crippen molar-refractivity contribution in [2.24, 2.45) is 0 Å². The molecule has 0 unspecified atom stereocenters. The van der Waals surface area contributed by atoms with Crippen LogP contribution >= 0.6 is 22.9 Å². The summed E-state index contributed by atoms with van der Waals surface area (Å²) in [6.07, 6.45) is 0. The minimum Gasteiger partial charge on any atom is -0.497 e. The minimum atomic E-state index is 0.645. The molecule has 0 aliphatic rings. The molecule has 0 bridgehead atoms. The van der Waals surface area contributed by atoms with E-state index in [-0.39, 0.29) is 0 Å². The Morgan fingerprint density at radius 1 is 1.00 bits per heavy atom. The molecular formula is C20H15ClN2OS. The number of nitrogens with one attached hydrogen (secondary N) is 1. The predicted octanol–water partition coefficient (Wildman–Crippen LogP) is 6.37. The molecule has 1 N–H and O–H groups in total. The number of hydrogen-bond acceptors (Lipinski definition) is 4. The molecule has 0 radical (unpaired) electrons. The number of benzene rings is 3. The number of halogens is 1. The molecule has 4 aromatic rings. The quantitative estimate of drug-likeness (QED) is 0.455. The number of rotatable bonds is 4. The second-order valence-corrected chi connectivity index (χ2v) is 6.98. The number of para-hydroxylation sites is 1. The molecule has 1 aromatic heterocycles. The molecule has 25 heavy (non-hydrogen) atoms. The number of methoxy groups -OCH3 is 1. The summed E-state index contributed by atoms with van der Waals surface area (Å²) >= 11 is 7.97. The zero-order valence-electron chi connectivity index (χ0n) is 13.5. The topological polar surface area (TPSA) is 34.1 Å². The van der Waals surface area contributed by atoms with E-state index < -0.39 is 0 Å². The summed E-state index contributed by atoms with van der Waals surface area (Å²) in [7, 11) is 1.64. The zero-order chi connectivity index (χ0) is 17.2. The molecule has 0 atom stereocenters. The van der Waals surface area contributed by atoms with Gasteiger partial charge in [-0.3, -0.25) is 0 Å². The summed E-state index contributed by atoms with van der Waals surface area (Å²) in [5.41, 5.74) is 3.86. The summed E-state index contributed by atoms with van der Waals surface area (Å²) < 4.78 is 6.45. The van der Waals surface area contributed by atoms with E-state index in [2.05, 4.69) is 23.5 Å². The predicted molar refractivity (Wildman–Crippen MR) is 106 cm³/mol. The van der Waals surface area contributed by atoms with Crippen molar-refractivity contribution in [3.8, 4) is 16.3 Å². The smallest absolute Gasteiger partial charge is 0.124 e. The number of thiazole rings is 1. The van der Waals surface area contributed by atoms with Crippen LogP contribution in [0.2, 0.25) is 5.02 Å². The van der Waals surface area contributed by atoms with Crippen LogP contribution in [-0.2, 0) is 0 Å². The second kappa shape index (κ2) is 6.75. The van der Waals surface area contributed by atoms with E-state index in [4.69, 9.17) is 21.3 Å². The van der Waals surface area contributed by atoms with Gasteiger partial charge in [0.2, 0.25) is 0 Å². The van der Waals surface area contributed by atoms with Crippen LogP contribution in [0.15, 0.2) is 66.7 Å². The average Bonchev–Trinajstić information content (AvgIpc) is 3.08. The highest BCUT2D eigenvalue weighted by atomic mass is 35.5. The number of fused-ring (bicyclic) bond motifs is 1. The van der Waals surface area contributed by atoms with Gasteiger partial charge in [-0.25, -0.2) is 4.98 Å². The zero-order valence-corrected chi connectivity index (χ0v) is 15.1. The normalized spacial score (nSPS) is 10.8. The van der Waals surface area contributed by atoms with Crippen LogP contribution in [0.25, 0.3) is 20.8 Å². The van der Waals surface area contributed by atoms with Gasteiger partial charge >= 0.3 is 0 Å². The van der Waals surface area contributed by atoms with Gasteiger partial charge in [0, 0.05) is 17.3 Å². The Morgan fingerprint density at radius 3 is 2.72 bits per heavy atom. The monoisotopic (exact) mass is 366 g/mol. The molecule has 4 rings (SSSR count). The summed E-state index contributed by atoms with van der Waals surface area (Å²) in [6, 6.07) is 21.9. The van der Waals surface area contributed by atoms with Gasteiger partial charge in [-0.1, -0.05) is 35.9 Å². The molecule has 0 spiro atoms. The van der Waals surface area contributed by atoms with E-state index in [0.717, 1.165) is 33.2 Å². The summed E-state index contributed by atoms with van der Waals surface area (Å²) in [5.74, 6) is 0.759. The van der Waals surface area contributed by atoms with Crippen molar-refractivity contribution in [2.75, 3.05) is 12.4 Å². The maximum absolute atomic E-state index is 6.28. The van der Waals surface area contributed by atoms with Gasteiger partial charge in [-0.05, 0) is 36.4 Å².